The van der Waals surface area contributed by atoms with E-state index in [0.717, 1.165) is 12.2 Å². The van der Waals surface area contributed by atoms with Crippen LogP contribution >= 0.6 is 0 Å². The van der Waals surface area contributed by atoms with Crippen molar-refractivity contribution in [2.75, 3.05) is 13.2 Å². The predicted molar refractivity (Wildman–Crippen MR) is 53.1 cm³/mol. The van der Waals surface area contributed by atoms with Crippen molar-refractivity contribution in [1.29, 1.82) is 0 Å². The zero-order chi connectivity index (χ0) is 12.7. The van der Waals surface area contributed by atoms with Crippen molar-refractivity contribution in [3.8, 4) is 0 Å². The van der Waals surface area contributed by atoms with Crippen molar-refractivity contribution in [2.24, 2.45) is 0 Å². The molecule has 1 heterocycles. The molecule has 1 aliphatic heterocycles. The van der Waals surface area contributed by atoms with Crippen LogP contribution in [-0.4, -0.2) is 42.8 Å². The molecule has 0 spiro atoms. The van der Waals surface area contributed by atoms with E-state index in [9.17, 15) is 14.4 Å². The Bertz CT molecular complexity index is 369. The Kier molecular flexibility index (Phi) is 4.74. The summed E-state index contributed by atoms with van der Waals surface area (Å²) < 4.78 is 13.8. The Hall–Kier alpha value is -2.31. The Morgan fingerprint density at radius 1 is 1.59 bits per heavy atom. The first-order valence-electron chi connectivity index (χ1n) is 4.64. The lowest BCUT2D eigenvalue weighted by molar-refractivity contribution is -0.141. The van der Waals surface area contributed by atoms with E-state index in [0.29, 0.717) is 12.5 Å². The first-order valence-corrected chi connectivity index (χ1v) is 4.64. The van der Waals surface area contributed by atoms with Crippen molar-refractivity contribution in [2.45, 2.75) is 6.10 Å². The molecule has 1 N–H and O–H groups in total. The molecule has 17 heavy (non-hydrogen) atoms. The Morgan fingerprint density at radius 2 is 2.35 bits per heavy atom. The van der Waals surface area contributed by atoms with Gasteiger partial charge < -0.3 is 19.3 Å². The minimum Gasteiger partial charge on any atom is -0.515 e. The molecule has 1 saturated heterocycles. The van der Waals surface area contributed by atoms with E-state index in [4.69, 9.17) is 9.84 Å². The largest absolute Gasteiger partial charge is 0.515 e. The minimum atomic E-state index is -0.839. The predicted octanol–water partition coefficient (Wildman–Crippen LogP) is 0.262. The molecule has 0 aromatic rings. The molecule has 92 valence electrons. The fourth-order valence-electron chi connectivity index (χ4n) is 1.01. The fourth-order valence-corrected chi connectivity index (χ4v) is 1.01. The van der Waals surface area contributed by atoms with Gasteiger partial charge in [-0.15, -0.1) is 0 Å². The van der Waals surface area contributed by atoms with Gasteiger partial charge in [-0.1, -0.05) is 0 Å². The van der Waals surface area contributed by atoms with Gasteiger partial charge in [-0.2, -0.15) is 0 Å². The molecule has 1 rings (SSSR count). The van der Waals surface area contributed by atoms with Crippen molar-refractivity contribution >= 4 is 18.4 Å². The van der Waals surface area contributed by atoms with E-state index < -0.39 is 18.2 Å². The number of aldehydes is 1. The van der Waals surface area contributed by atoms with Crippen molar-refractivity contribution in [3.05, 3.63) is 24.0 Å². The molecule has 1 aliphatic rings. The molecule has 7 heteroatoms. The normalized spacial score (nSPS) is 19.9. The number of cyclic esters (lactones) is 2. The molecular formula is C10H10O7. The number of aliphatic hydroxyl groups is 1. The maximum absolute atomic E-state index is 11.3. The number of allylic oxidation sites excluding steroid dienone is 1. The number of aliphatic hydroxyl groups excluding tert-OH is 1. The molecule has 0 saturated carbocycles. The molecule has 0 aromatic carbocycles. The lowest BCUT2D eigenvalue weighted by Crippen LogP contribution is -2.21. The minimum absolute atomic E-state index is 0.00840. The summed E-state index contributed by atoms with van der Waals surface area (Å²) in [5, 5.41) is 8.72. The smallest absolute Gasteiger partial charge is 0.508 e. The summed E-state index contributed by atoms with van der Waals surface area (Å²) in [5.74, 6) is -0.839. The third-order valence-corrected chi connectivity index (χ3v) is 1.78. The topological polar surface area (TPSA) is 99.1 Å². The highest BCUT2D eigenvalue weighted by Gasteiger charge is 2.26. The molecule has 0 bridgehead atoms. The van der Waals surface area contributed by atoms with E-state index in [-0.39, 0.29) is 18.8 Å². The molecule has 1 fully saturated rings. The average Bonchev–Trinajstić information content (AvgIpc) is 2.73. The quantitative estimate of drug-likeness (QED) is 0.243. The highest BCUT2D eigenvalue weighted by Crippen LogP contribution is 2.08. The first kappa shape index (κ1) is 12.8. The van der Waals surface area contributed by atoms with E-state index in [1.165, 1.54) is 0 Å². The van der Waals surface area contributed by atoms with Crippen LogP contribution in [0, 0.1) is 0 Å². The second-order valence-electron chi connectivity index (χ2n) is 2.98. The van der Waals surface area contributed by atoms with Crippen LogP contribution in [0.3, 0.4) is 0 Å². The van der Waals surface area contributed by atoms with Gasteiger partial charge in [0.2, 0.25) is 0 Å². The summed E-state index contributed by atoms with van der Waals surface area (Å²) in [6.07, 6.45) is 1.61. The van der Waals surface area contributed by atoms with Gasteiger partial charge in [0, 0.05) is 0 Å². The van der Waals surface area contributed by atoms with Gasteiger partial charge in [0.25, 0.3) is 0 Å². The standard InChI is InChI=1S/C10H10O7/c11-3-1-2-7(4-12)9(13)15-5-8-6-16-10(14)17-8/h1-4,8,12H,5-6H2. The van der Waals surface area contributed by atoms with Crippen LogP contribution in [0.4, 0.5) is 4.79 Å². The average molecular weight is 242 g/mol. The summed E-state index contributed by atoms with van der Waals surface area (Å²) in [6.45, 7) is -0.175. The van der Waals surface area contributed by atoms with Crippen LogP contribution in [0.1, 0.15) is 0 Å². The van der Waals surface area contributed by atoms with Crippen molar-refractivity contribution in [3.63, 3.8) is 0 Å². The Balaban J connectivity index is 2.40. The number of esters is 1. The monoisotopic (exact) mass is 242 g/mol. The lowest BCUT2D eigenvalue weighted by atomic mass is 10.3. The number of ether oxygens (including phenoxy) is 3. The van der Waals surface area contributed by atoms with Gasteiger partial charge in [0.05, 0.1) is 11.8 Å². The third-order valence-electron chi connectivity index (χ3n) is 1.78. The van der Waals surface area contributed by atoms with Gasteiger partial charge in [-0.25, -0.2) is 9.59 Å². The second kappa shape index (κ2) is 6.31. The first-order chi connectivity index (χ1) is 8.17. The van der Waals surface area contributed by atoms with Gasteiger partial charge in [-0.3, -0.25) is 4.79 Å². The molecule has 1 atom stereocenters. The molecule has 0 amide bonds. The third kappa shape index (κ3) is 3.98. The highest BCUT2D eigenvalue weighted by atomic mass is 16.8. The van der Waals surface area contributed by atoms with Crippen LogP contribution in [0.25, 0.3) is 0 Å². The molecular weight excluding hydrogens is 232 g/mol. The van der Waals surface area contributed by atoms with Crippen LogP contribution in [0.5, 0.6) is 0 Å². The number of hydrogen-bond donors (Lipinski definition) is 1. The van der Waals surface area contributed by atoms with Gasteiger partial charge in [-0.05, 0) is 12.2 Å². The van der Waals surface area contributed by atoms with Crippen LogP contribution < -0.4 is 0 Å². The summed E-state index contributed by atoms with van der Waals surface area (Å²) in [7, 11) is 0. The number of hydrogen-bond acceptors (Lipinski definition) is 7. The van der Waals surface area contributed by atoms with E-state index in [1.54, 1.807) is 0 Å². The van der Waals surface area contributed by atoms with Gasteiger partial charge in [0.15, 0.2) is 6.10 Å². The molecule has 0 radical (unpaired) electrons. The van der Waals surface area contributed by atoms with Crippen LogP contribution in [0.15, 0.2) is 24.0 Å². The number of carbonyl (C=O) groups is 3. The maximum atomic E-state index is 11.3. The lowest BCUT2D eigenvalue weighted by Gasteiger charge is -2.07. The molecule has 0 aromatic heterocycles. The SMILES string of the molecule is O=CC=CC(=CO)C(=O)OCC1COC(=O)O1. The van der Waals surface area contributed by atoms with Crippen LogP contribution in [-0.2, 0) is 23.8 Å². The van der Waals surface area contributed by atoms with E-state index in [1.807, 2.05) is 0 Å². The maximum Gasteiger partial charge on any atom is 0.508 e. The molecule has 0 aliphatic carbocycles. The zero-order valence-electron chi connectivity index (χ0n) is 8.70. The van der Waals surface area contributed by atoms with E-state index in [2.05, 4.69) is 9.47 Å². The molecule has 1 unspecified atom stereocenters. The highest BCUT2D eigenvalue weighted by molar-refractivity contribution is 5.92. The summed E-state index contributed by atoms with van der Waals surface area (Å²) in [4.78, 5) is 31.9. The summed E-state index contributed by atoms with van der Waals surface area (Å²) in [5.41, 5.74) is -0.192. The van der Waals surface area contributed by atoms with Gasteiger partial charge >= 0.3 is 12.1 Å². The van der Waals surface area contributed by atoms with E-state index >= 15 is 0 Å². The Morgan fingerprint density at radius 3 is 2.88 bits per heavy atom. The van der Waals surface area contributed by atoms with Crippen molar-refractivity contribution in [1.82, 2.24) is 0 Å². The summed E-state index contributed by atoms with van der Waals surface area (Å²) >= 11 is 0. The van der Waals surface area contributed by atoms with Crippen LogP contribution in [0.2, 0.25) is 0 Å². The van der Waals surface area contributed by atoms with Gasteiger partial charge in [0.1, 0.15) is 19.5 Å². The summed E-state index contributed by atoms with van der Waals surface area (Å²) in [6, 6.07) is 0. The second-order valence-corrected chi connectivity index (χ2v) is 2.98. The van der Waals surface area contributed by atoms with Crippen molar-refractivity contribution < 1.29 is 33.7 Å². The molecule has 7 nitrogen and oxygen atoms in total. The zero-order valence-corrected chi connectivity index (χ0v) is 8.70. The fraction of sp³-hybridized carbons (Fsp3) is 0.300. The Labute approximate surface area is 96.3 Å². The number of carbonyl (C=O) groups excluding carboxylic acids is 3. The number of rotatable bonds is 5.